The Morgan fingerprint density at radius 3 is 2.17 bits per heavy atom. The van der Waals surface area contributed by atoms with Crippen LogP contribution in [-0.4, -0.2) is 35.3 Å². The molecule has 0 bridgehead atoms. The monoisotopic (exact) mass is 377 g/mol. The molecule has 0 heterocycles. The van der Waals surface area contributed by atoms with Crippen LogP contribution in [0.15, 0.2) is 29.2 Å². The van der Waals surface area contributed by atoms with Crippen molar-refractivity contribution in [3.8, 4) is 0 Å². The van der Waals surface area contributed by atoms with Gasteiger partial charge in [0.2, 0.25) is 10.0 Å². The molecule has 0 aliphatic carbocycles. The first kappa shape index (κ1) is 20.6. The zero-order chi connectivity index (χ0) is 17.9. The molecule has 1 unspecified atom stereocenters. The van der Waals surface area contributed by atoms with Gasteiger partial charge >= 0.3 is 0 Å². The lowest BCUT2D eigenvalue weighted by Gasteiger charge is -2.38. The fourth-order valence-corrected chi connectivity index (χ4v) is 4.42. The number of aryl methyl sites for hydroxylation is 1. The summed E-state index contributed by atoms with van der Waals surface area (Å²) in [5.41, 5.74) is 1.02. The van der Waals surface area contributed by atoms with Gasteiger partial charge in [-0.25, -0.2) is 13.1 Å². The number of benzene rings is 1. The minimum absolute atomic E-state index is 0.0488. The summed E-state index contributed by atoms with van der Waals surface area (Å²) in [7, 11) is -5.54. The van der Waals surface area contributed by atoms with Crippen molar-refractivity contribution in [2.24, 2.45) is 0 Å². The summed E-state index contributed by atoms with van der Waals surface area (Å²) >= 11 is 5.98. The Hall–Kier alpha value is -0.403. The third kappa shape index (κ3) is 5.87. The Kier molecular flexibility index (Phi) is 6.87. The highest BCUT2D eigenvalue weighted by atomic mass is 35.5. The number of hydrogen-bond acceptors (Lipinski definition) is 3. The first-order chi connectivity index (χ1) is 10.4. The molecule has 1 N–H and O–H groups in total. The van der Waals surface area contributed by atoms with E-state index >= 15 is 0 Å². The van der Waals surface area contributed by atoms with Crippen molar-refractivity contribution in [3.63, 3.8) is 0 Å². The zero-order valence-corrected chi connectivity index (χ0v) is 17.4. The number of rotatable bonds is 7. The molecule has 0 fully saturated rings. The van der Waals surface area contributed by atoms with E-state index in [4.69, 9.17) is 16.0 Å². The second kappa shape index (κ2) is 7.65. The van der Waals surface area contributed by atoms with Crippen LogP contribution in [0.5, 0.6) is 0 Å². The van der Waals surface area contributed by atoms with Crippen molar-refractivity contribution in [2.75, 3.05) is 12.4 Å². The standard InChI is InChI=1S/C16H28ClNO3SSi/c1-13-7-9-15(10-8-13)22(19,20)18-12-14(11-17)21-23(5,6)16(2,3)4/h7-10,14,18H,11-12H2,1-6H3. The maximum Gasteiger partial charge on any atom is 0.240 e. The molecule has 4 nitrogen and oxygen atoms in total. The lowest BCUT2D eigenvalue weighted by Crippen LogP contribution is -2.47. The minimum atomic E-state index is -3.55. The lowest BCUT2D eigenvalue weighted by atomic mass is 10.2. The molecule has 0 amide bonds. The van der Waals surface area contributed by atoms with E-state index in [1.54, 1.807) is 24.3 Å². The largest absolute Gasteiger partial charge is 0.411 e. The molecule has 0 spiro atoms. The molecular formula is C16H28ClNO3SSi. The molecule has 1 aromatic carbocycles. The van der Waals surface area contributed by atoms with Crippen molar-refractivity contribution in [3.05, 3.63) is 29.8 Å². The smallest absolute Gasteiger partial charge is 0.240 e. The highest BCUT2D eigenvalue weighted by Gasteiger charge is 2.39. The number of alkyl halides is 1. The van der Waals surface area contributed by atoms with E-state index in [1.165, 1.54) is 0 Å². The molecule has 0 aliphatic heterocycles. The van der Waals surface area contributed by atoms with Gasteiger partial charge in [-0.1, -0.05) is 38.5 Å². The molecule has 0 saturated carbocycles. The van der Waals surface area contributed by atoms with Crippen LogP contribution in [0.25, 0.3) is 0 Å². The molecule has 1 aromatic rings. The van der Waals surface area contributed by atoms with Crippen molar-refractivity contribution in [1.29, 1.82) is 0 Å². The van der Waals surface area contributed by atoms with Gasteiger partial charge in [0.1, 0.15) is 0 Å². The Labute approximate surface area is 146 Å². The van der Waals surface area contributed by atoms with E-state index in [2.05, 4.69) is 38.6 Å². The van der Waals surface area contributed by atoms with Crippen molar-refractivity contribution < 1.29 is 12.8 Å². The van der Waals surface area contributed by atoms with Gasteiger partial charge < -0.3 is 4.43 Å². The number of halogens is 1. The summed E-state index contributed by atoms with van der Waals surface area (Å²) in [6, 6.07) is 6.75. The van der Waals surface area contributed by atoms with Crippen LogP contribution in [0.1, 0.15) is 26.3 Å². The molecular weight excluding hydrogens is 350 g/mol. The maximum absolute atomic E-state index is 12.3. The van der Waals surface area contributed by atoms with Gasteiger partial charge in [0.25, 0.3) is 0 Å². The third-order valence-electron chi connectivity index (χ3n) is 4.27. The normalized spacial score (nSPS) is 14.7. The summed E-state index contributed by atoms with van der Waals surface area (Å²) < 4.78 is 33.4. The van der Waals surface area contributed by atoms with E-state index in [9.17, 15) is 8.42 Å². The maximum atomic E-state index is 12.3. The summed E-state index contributed by atoms with van der Waals surface area (Å²) in [6.45, 7) is 12.8. The molecule has 23 heavy (non-hydrogen) atoms. The minimum Gasteiger partial charge on any atom is -0.411 e. The molecule has 0 aromatic heterocycles. The first-order valence-electron chi connectivity index (χ1n) is 7.69. The lowest BCUT2D eigenvalue weighted by molar-refractivity contribution is 0.205. The van der Waals surface area contributed by atoms with Crippen LogP contribution in [0.3, 0.4) is 0 Å². The number of hydrogen-bond donors (Lipinski definition) is 1. The van der Waals surface area contributed by atoms with Gasteiger partial charge in [0.05, 0.1) is 11.0 Å². The fraction of sp³-hybridized carbons (Fsp3) is 0.625. The van der Waals surface area contributed by atoms with E-state index in [0.29, 0.717) is 0 Å². The predicted octanol–water partition coefficient (Wildman–Crippen LogP) is 3.90. The molecule has 1 atom stereocenters. The van der Waals surface area contributed by atoms with Crippen LogP contribution >= 0.6 is 11.6 Å². The topological polar surface area (TPSA) is 55.4 Å². The Bertz CT molecular complexity index is 609. The summed E-state index contributed by atoms with van der Waals surface area (Å²) in [6.07, 6.45) is -0.335. The zero-order valence-electron chi connectivity index (χ0n) is 14.8. The summed E-state index contributed by atoms with van der Waals surface area (Å²) in [5.74, 6) is 0.253. The average Bonchev–Trinajstić information content (AvgIpc) is 2.42. The molecule has 0 radical (unpaired) electrons. The van der Waals surface area contributed by atoms with Gasteiger partial charge in [-0.2, -0.15) is 0 Å². The molecule has 1 rings (SSSR count). The van der Waals surface area contributed by atoms with E-state index in [-0.39, 0.29) is 28.5 Å². The van der Waals surface area contributed by atoms with Crippen LogP contribution in [0, 0.1) is 6.92 Å². The number of nitrogens with one attached hydrogen (secondary N) is 1. The molecule has 132 valence electrons. The van der Waals surface area contributed by atoms with E-state index in [1.807, 2.05) is 6.92 Å². The fourth-order valence-electron chi connectivity index (χ4n) is 1.72. The highest BCUT2D eigenvalue weighted by Crippen LogP contribution is 2.37. The Morgan fingerprint density at radius 2 is 1.74 bits per heavy atom. The van der Waals surface area contributed by atoms with Crippen LogP contribution < -0.4 is 4.72 Å². The second-order valence-corrected chi connectivity index (χ2v) is 14.2. The molecule has 7 heteroatoms. The first-order valence-corrected chi connectivity index (χ1v) is 12.6. The average molecular weight is 378 g/mol. The Morgan fingerprint density at radius 1 is 1.22 bits per heavy atom. The molecule has 0 saturated heterocycles. The number of sulfonamides is 1. The van der Waals surface area contributed by atoms with Crippen molar-refractivity contribution in [2.45, 2.75) is 56.8 Å². The van der Waals surface area contributed by atoms with Gasteiger partial charge in [0, 0.05) is 12.4 Å². The second-order valence-electron chi connectivity index (χ2n) is 7.32. The van der Waals surface area contributed by atoms with Gasteiger partial charge in [-0.15, -0.1) is 11.6 Å². The van der Waals surface area contributed by atoms with E-state index < -0.39 is 18.3 Å². The quantitative estimate of drug-likeness (QED) is 0.579. The van der Waals surface area contributed by atoms with Crippen LogP contribution in [0.4, 0.5) is 0 Å². The van der Waals surface area contributed by atoms with Crippen molar-refractivity contribution >= 4 is 29.9 Å². The summed E-state index contributed by atoms with van der Waals surface area (Å²) in [5, 5.41) is 0.0488. The molecule has 0 aliphatic rings. The SMILES string of the molecule is Cc1ccc(S(=O)(=O)NCC(CCl)O[Si](C)(C)C(C)(C)C)cc1. The highest BCUT2D eigenvalue weighted by molar-refractivity contribution is 7.89. The third-order valence-corrected chi connectivity index (χ3v) is 10.6. The summed E-state index contributed by atoms with van der Waals surface area (Å²) in [4.78, 5) is 0.253. The van der Waals surface area contributed by atoms with Gasteiger partial charge in [0.15, 0.2) is 8.32 Å². The van der Waals surface area contributed by atoms with Crippen LogP contribution in [-0.2, 0) is 14.4 Å². The van der Waals surface area contributed by atoms with E-state index in [0.717, 1.165) is 5.56 Å². The van der Waals surface area contributed by atoms with Gasteiger partial charge in [-0.05, 0) is 37.2 Å². The van der Waals surface area contributed by atoms with Gasteiger partial charge in [-0.3, -0.25) is 0 Å². The predicted molar refractivity (Wildman–Crippen MR) is 99.2 cm³/mol. The van der Waals surface area contributed by atoms with Crippen LogP contribution in [0.2, 0.25) is 18.1 Å². The Balaban J connectivity index is 2.76. The van der Waals surface area contributed by atoms with Crippen molar-refractivity contribution in [1.82, 2.24) is 4.72 Å².